The SMILES string of the molecule is CCOc1ccc(N=c2scc(-c3ccccc3Cl)n2CCc2ccccc2)cc1. The Morgan fingerprint density at radius 3 is 2.40 bits per heavy atom. The first-order valence-corrected chi connectivity index (χ1v) is 11.2. The van der Waals surface area contributed by atoms with Crippen molar-refractivity contribution in [1.82, 2.24) is 4.57 Å². The lowest BCUT2D eigenvalue weighted by molar-refractivity contribution is 0.340. The largest absolute Gasteiger partial charge is 0.494 e. The van der Waals surface area contributed by atoms with E-state index in [1.54, 1.807) is 11.3 Å². The van der Waals surface area contributed by atoms with Gasteiger partial charge in [-0.05, 0) is 49.2 Å². The number of rotatable bonds is 7. The average Bonchev–Trinajstić information content (AvgIpc) is 3.17. The highest BCUT2D eigenvalue weighted by atomic mass is 35.5. The second-order valence-electron chi connectivity index (χ2n) is 6.81. The predicted octanol–water partition coefficient (Wildman–Crippen LogP) is 6.74. The van der Waals surface area contributed by atoms with Gasteiger partial charge in [0, 0.05) is 22.5 Å². The normalized spacial score (nSPS) is 11.6. The highest BCUT2D eigenvalue weighted by Crippen LogP contribution is 2.28. The Morgan fingerprint density at radius 2 is 1.67 bits per heavy atom. The Morgan fingerprint density at radius 1 is 0.933 bits per heavy atom. The second kappa shape index (κ2) is 9.79. The van der Waals surface area contributed by atoms with Gasteiger partial charge in [-0.25, -0.2) is 4.99 Å². The fraction of sp³-hybridized carbons (Fsp3) is 0.160. The van der Waals surface area contributed by atoms with Crippen LogP contribution < -0.4 is 9.54 Å². The first kappa shape index (κ1) is 20.5. The number of thiazole rings is 1. The third-order valence-electron chi connectivity index (χ3n) is 4.79. The molecular weight excluding hydrogens is 412 g/mol. The van der Waals surface area contributed by atoms with Crippen LogP contribution in [0.5, 0.6) is 5.75 Å². The Bertz CT molecular complexity index is 1160. The minimum absolute atomic E-state index is 0.655. The van der Waals surface area contributed by atoms with Crippen molar-refractivity contribution in [1.29, 1.82) is 0 Å². The molecule has 0 fully saturated rings. The van der Waals surface area contributed by atoms with Crippen LogP contribution in [0.4, 0.5) is 5.69 Å². The molecule has 1 heterocycles. The molecule has 0 saturated heterocycles. The van der Waals surface area contributed by atoms with Gasteiger partial charge in [0.05, 0.1) is 18.0 Å². The molecule has 0 bridgehead atoms. The highest BCUT2D eigenvalue weighted by Gasteiger charge is 2.11. The number of aryl methyl sites for hydroxylation is 1. The van der Waals surface area contributed by atoms with Crippen molar-refractivity contribution in [3.8, 4) is 17.0 Å². The number of benzene rings is 3. The summed E-state index contributed by atoms with van der Waals surface area (Å²) in [6.45, 7) is 3.46. The number of ether oxygens (including phenoxy) is 1. The molecule has 1 aromatic heterocycles. The van der Waals surface area contributed by atoms with E-state index >= 15 is 0 Å². The topological polar surface area (TPSA) is 26.5 Å². The van der Waals surface area contributed by atoms with Crippen molar-refractivity contribution in [2.24, 2.45) is 4.99 Å². The van der Waals surface area contributed by atoms with Gasteiger partial charge in [0.25, 0.3) is 0 Å². The molecule has 0 spiro atoms. The molecule has 3 nitrogen and oxygen atoms in total. The lowest BCUT2D eigenvalue weighted by Gasteiger charge is -2.11. The van der Waals surface area contributed by atoms with Crippen molar-refractivity contribution >= 4 is 28.6 Å². The standard InChI is InChI=1S/C25H23ClN2OS/c1-2-29-21-14-12-20(13-15-21)27-25-28(17-16-19-8-4-3-5-9-19)24(18-30-25)22-10-6-7-11-23(22)26/h3-15,18H,2,16-17H2,1H3. The maximum absolute atomic E-state index is 6.51. The molecule has 152 valence electrons. The minimum Gasteiger partial charge on any atom is -0.494 e. The van der Waals surface area contributed by atoms with Crippen LogP contribution in [0, 0.1) is 0 Å². The Balaban J connectivity index is 1.73. The number of hydrogen-bond donors (Lipinski definition) is 0. The Labute approximate surface area is 185 Å². The van der Waals surface area contributed by atoms with E-state index < -0.39 is 0 Å². The van der Waals surface area contributed by atoms with Crippen molar-refractivity contribution in [2.45, 2.75) is 19.9 Å². The van der Waals surface area contributed by atoms with Gasteiger partial charge in [-0.15, -0.1) is 11.3 Å². The summed E-state index contributed by atoms with van der Waals surface area (Å²) >= 11 is 8.14. The van der Waals surface area contributed by atoms with Crippen LogP contribution in [-0.4, -0.2) is 11.2 Å². The summed E-state index contributed by atoms with van der Waals surface area (Å²) in [6.07, 6.45) is 0.922. The van der Waals surface area contributed by atoms with Gasteiger partial charge in [-0.2, -0.15) is 0 Å². The lowest BCUT2D eigenvalue weighted by atomic mass is 10.1. The molecule has 0 aliphatic carbocycles. The Kier molecular flexibility index (Phi) is 6.67. The third-order valence-corrected chi connectivity index (χ3v) is 5.98. The van der Waals surface area contributed by atoms with Crippen molar-refractivity contribution < 1.29 is 4.74 Å². The van der Waals surface area contributed by atoms with Crippen LogP contribution in [0.25, 0.3) is 11.3 Å². The van der Waals surface area contributed by atoms with Crippen LogP contribution in [0.3, 0.4) is 0 Å². The summed E-state index contributed by atoms with van der Waals surface area (Å²) < 4.78 is 7.80. The predicted molar refractivity (Wildman–Crippen MR) is 126 cm³/mol. The summed E-state index contributed by atoms with van der Waals surface area (Å²) in [4.78, 5) is 5.86. The van der Waals surface area contributed by atoms with Gasteiger partial charge in [-0.1, -0.05) is 60.1 Å². The maximum Gasteiger partial charge on any atom is 0.190 e. The average molecular weight is 435 g/mol. The van der Waals surface area contributed by atoms with E-state index in [9.17, 15) is 0 Å². The van der Waals surface area contributed by atoms with E-state index in [4.69, 9.17) is 21.3 Å². The number of aromatic nitrogens is 1. The summed E-state index contributed by atoms with van der Waals surface area (Å²) in [5.41, 5.74) is 4.32. The fourth-order valence-corrected chi connectivity index (χ4v) is 4.48. The smallest absolute Gasteiger partial charge is 0.190 e. The first-order chi connectivity index (χ1) is 14.7. The van der Waals surface area contributed by atoms with Crippen LogP contribution in [0.15, 0.2) is 89.2 Å². The minimum atomic E-state index is 0.655. The molecule has 4 rings (SSSR count). The second-order valence-corrected chi connectivity index (χ2v) is 8.05. The molecule has 0 unspecified atom stereocenters. The zero-order valence-electron chi connectivity index (χ0n) is 16.8. The monoisotopic (exact) mass is 434 g/mol. The molecule has 0 radical (unpaired) electrons. The van der Waals surface area contributed by atoms with E-state index in [0.29, 0.717) is 6.61 Å². The van der Waals surface area contributed by atoms with Crippen molar-refractivity contribution in [2.75, 3.05) is 6.61 Å². The van der Waals surface area contributed by atoms with Gasteiger partial charge in [-0.3, -0.25) is 0 Å². The summed E-state index contributed by atoms with van der Waals surface area (Å²) in [6, 6.07) is 26.4. The maximum atomic E-state index is 6.51. The van der Waals surface area contributed by atoms with E-state index in [-0.39, 0.29) is 0 Å². The van der Waals surface area contributed by atoms with Crippen molar-refractivity contribution in [3.05, 3.63) is 99.6 Å². The summed E-state index contributed by atoms with van der Waals surface area (Å²) in [5, 5.41) is 2.89. The molecule has 0 N–H and O–H groups in total. The van der Waals surface area contributed by atoms with Gasteiger partial charge >= 0.3 is 0 Å². The molecule has 0 saturated carbocycles. The van der Waals surface area contributed by atoms with Crippen LogP contribution >= 0.6 is 22.9 Å². The van der Waals surface area contributed by atoms with Crippen molar-refractivity contribution in [3.63, 3.8) is 0 Å². The molecule has 0 aliphatic rings. The molecule has 0 atom stereocenters. The van der Waals surface area contributed by atoms with E-state index in [2.05, 4.69) is 40.3 Å². The molecule has 30 heavy (non-hydrogen) atoms. The van der Waals surface area contributed by atoms with Crippen LogP contribution in [0.1, 0.15) is 12.5 Å². The van der Waals surface area contributed by atoms with Gasteiger partial charge in [0.2, 0.25) is 0 Å². The van der Waals surface area contributed by atoms with E-state index in [0.717, 1.165) is 45.5 Å². The van der Waals surface area contributed by atoms with Gasteiger partial charge in [0.1, 0.15) is 5.75 Å². The number of nitrogens with zero attached hydrogens (tertiary/aromatic N) is 2. The van der Waals surface area contributed by atoms with Gasteiger partial charge < -0.3 is 9.30 Å². The summed E-state index contributed by atoms with van der Waals surface area (Å²) in [7, 11) is 0. The summed E-state index contributed by atoms with van der Waals surface area (Å²) in [5.74, 6) is 0.858. The van der Waals surface area contributed by atoms with Crippen LogP contribution in [-0.2, 0) is 13.0 Å². The zero-order chi connectivity index (χ0) is 20.8. The van der Waals surface area contributed by atoms with Gasteiger partial charge in [0.15, 0.2) is 4.80 Å². The van der Waals surface area contributed by atoms with Crippen LogP contribution in [0.2, 0.25) is 5.02 Å². The zero-order valence-corrected chi connectivity index (χ0v) is 18.4. The number of halogens is 1. The fourth-order valence-electron chi connectivity index (χ4n) is 3.30. The Hall–Kier alpha value is -2.82. The highest BCUT2D eigenvalue weighted by molar-refractivity contribution is 7.07. The quantitative estimate of drug-likeness (QED) is 0.316. The van der Waals surface area contributed by atoms with E-state index in [1.165, 1.54) is 5.56 Å². The molecule has 3 aromatic carbocycles. The number of hydrogen-bond acceptors (Lipinski definition) is 3. The molecule has 0 aliphatic heterocycles. The molecular formula is C25H23ClN2OS. The molecule has 0 amide bonds. The third kappa shape index (κ3) is 4.84. The van der Waals surface area contributed by atoms with E-state index in [1.807, 2.05) is 55.5 Å². The lowest BCUT2D eigenvalue weighted by Crippen LogP contribution is -2.17. The molecule has 5 heteroatoms. The first-order valence-electron chi connectivity index (χ1n) is 9.99. The molecule has 4 aromatic rings.